The molecule has 0 radical (unpaired) electrons. The molecule has 2 N–H and O–H groups in total. The first kappa shape index (κ1) is 19.3. The van der Waals surface area contributed by atoms with Gasteiger partial charge < -0.3 is 10.2 Å². The van der Waals surface area contributed by atoms with Crippen LogP contribution in [0.5, 0.6) is 0 Å². The minimum Gasteiger partial charge on any atom is -0.480 e. The van der Waals surface area contributed by atoms with Crippen molar-refractivity contribution in [2.45, 2.75) is 57.6 Å². The lowest BCUT2D eigenvalue weighted by Crippen LogP contribution is -2.42. The number of aliphatic carboxylic acids is 1. The Morgan fingerprint density at radius 3 is 2.15 bits per heavy atom. The van der Waals surface area contributed by atoms with E-state index in [-0.39, 0.29) is 13.2 Å². The summed E-state index contributed by atoms with van der Waals surface area (Å²) in [6.07, 6.45) is 5.26. The molecule has 0 saturated carbocycles. The molecule has 0 aromatic rings. The van der Waals surface area contributed by atoms with Crippen molar-refractivity contribution in [3.63, 3.8) is 0 Å². The average molecular weight is 309 g/mol. The van der Waals surface area contributed by atoms with Crippen LogP contribution in [0.2, 0.25) is 0 Å². The highest BCUT2D eigenvalue weighted by Gasteiger charge is 2.33. The third-order valence-corrected chi connectivity index (χ3v) is 5.41. The summed E-state index contributed by atoms with van der Waals surface area (Å²) in [5.41, 5.74) is 0. The number of sulfonamides is 1. The lowest BCUT2D eigenvalue weighted by molar-refractivity contribution is -0.136. The van der Waals surface area contributed by atoms with Crippen molar-refractivity contribution in [3.8, 4) is 0 Å². The highest BCUT2D eigenvalue weighted by Crippen LogP contribution is 2.13. The maximum Gasteiger partial charge on any atom is 0.323 e. The molecule has 7 heteroatoms. The van der Waals surface area contributed by atoms with Crippen molar-refractivity contribution in [2.75, 3.05) is 19.7 Å². The van der Waals surface area contributed by atoms with E-state index in [4.69, 9.17) is 10.2 Å². The van der Waals surface area contributed by atoms with E-state index in [0.29, 0.717) is 13.0 Å². The summed E-state index contributed by atoms with van der Waals surface area (Å²) in [5, 5.41) is 16.3. The van der Waals surface area contributed by atoms with Crippen LogP contribution in [0.1, 0.15) is 52.4 Å². The SMILES string of the molecule is CCCCCCCN(CCCO)S(=O)(=O)C(C)C(=O)O. The lowest BCUT2D eigenvalue weighted by Gasteiger charge is -2.24. The van der Waals surface area contributed by atoms with Gasteiger partial charge >= 0.3 is 5.97 Å². The highest BCUT2D eigenvalue weighted by atomic mass is 32.2. The molecule has 0 bridgehead atoms. The van der Waals surface area contributed by atoms with Crippen LogP contribution < -0.4 is 0 Å². The molecule has 120 valence electrons. The molecule has 0 saturated heterocycles. The van der Waals surface area contributed by atoms with E-state index in [2.05, 4.69) is 6.92 Å². The van der Waals surface area contributed by atoms with Crippen LogP contribution in [-0.2, 0) is 14.8 Å². The Balaban J connectivity index is 4.57. The summed E-state index contributed by atoms with van der Waals surface area (Å²) >= 11 is 0. The molecule has 0 aliphatic heterocycles. The van der Waals surface area contributed by atoms with Gasteiger partial charge in [-0.2, -0.15) is 0 Å². The number of unbranched alkanes of at least 4 members (excludes halogenated alkanes) is 4. The fourth-order valence-corrected chi connectivity index (χ4v) is 3.33. The van der Waals surface area contributed by atoms with Crippen LogP contribution >= 0.6 is 0 Å². The first-order valence-corrected chi connectivity index (χ1v) is 8.70. The number of aliphatic hydroxyl groups is 1. The summed E-state index contributed by atoms with van der Waals surface area (Å²) in [6.45, 7) is 3.67. The second kappa shape index (κ2) is 10.1. The zero-order valence-electron chi connectivity index (χ0n) is 12.4. The molecule has 0 aromatic carbocycles. The maximum atomic E-state index is 12.2. The van der Waals surface area contributed by atoms with Gasteiger partial charge in [-0.3, -0.25) is 4.79 Å². The first-order chi connectivity index (χ1) is 9.37. The third-order valence-electron chi connectivity index (χ3n) is 3.23. The lowest BCUT2D eigenvalue weighted by atomic mass is 10.1. The molecule has 0 fully saturated rings. The van der Waals surface area contributed by atoms with Crippen LogP contribution in [0.4, 0.5) is 0 Å². The normalized spacial score (nSPS) is 13.6. The van der Waals surface area contributed by atoms with Gasteiger partial charge in [-0.15, -0.1) is 0 Å². The average Bonchev–Trinajstić information content (AvgIpc) is 2.40. The molecule has 1 unspecified atom stereocenters. The van der Waals surface area contributed by atoms with E-state index >= 15 is 0 Å². The van der Waals surface area contributed by atoms with Crippen molar-refractivity contribution in [2.24, 2.45) is 0 Å². The number of aliphatic hydroxyl groups excluding tert-OH is 1. The molecule has 0 heterocycles. The van der Waals surface area contributed by atoms with Gasteiger partial charge in [0, 0.05) is 19.7 Å². The Hall–Kier alpha value is -0.660. The predicted octanol–water partition coefficient (Wildman–Crippen LogP) is 1.44. The molecule has 0 amide bonds. The maximum absolute atomic E-state index is 12.2. The molecule has 0 aromatic heterocycles. The largest absolute Gasteiger partial charge is 0.480 e. The van der Waals surface area contributed by atoms with Crippen molar-refractivity contribution in [3.05, 3.63) is 0 Å². The van der Waals surface area contributed by atoms with Gasteiger partial charge in [-0.25, -0.2) is 12.7 Å². The Morgan fingerprint density at radius 1 is 1.10 bits per heavy atom. The van der Waals surface area contributed by atoms with Crippen molar-refractivity contribution < 1.29 is 23.4 Å². The van der Waals surface area contributed by atoms with E-state index < -0.39 is 21.2 Å². The first-order valence-electron chi connectivity index (χ1n) is 7.20. The number of carboxylic acids is 1. The molecule has 0 spiro atoms. The van der Waals surface area contributed by atoms with Gasteiger partial charge in [0.25, 0.3) is 0 Å². The Kier molecular flexibility index (Phi) is 9.79. The zero-order chi connectivity index (χ0) is 15.6. The molecule has 1 atom stereocenters. The molecule has 6 nitrogen and oxygen atoms in total. The highest BCUT2D eigenvalue weighted by molar-refractivity contribution is 7.90. The van der Waals surface area contributed by atoms with Gasteiger partial charge in [0.05, 0.1) is 0 Å². The zero-order valence-corrected chi connectivity index (χ0v) is 13.2. The number of carbonyl (C=O) groups is 1. The molecular formula is C13H27NO5S. The smallest absolute Gasteiger partial charge is 0.323 e. The summed E-state index contributed by atoms with van der Waals surface area (Å²) in [4.78, 5) is 10.9. The minimum atomic E-state index is -3.84. The van der Waals surface area contributed by atoms with Crippen LogP contribution in [0.25, 0.3) is 0 Å². The van der Waals surface area contributed by atoms with Gasteiger partial charge in [0.2, 0.25) is 10.0 Å². The predicted molar refractivity (Wildman–Crippen MR) is 78.1 cm³/mol. The second-order valence-corrected chi connectivity index (χ2v) is 7.17. The topological polar surface area (TPSA) is 94.9 Å². The van der Waals surface area contributed by atoms with Crippen LogP contribution in [0.3, 0.4) is 0 Å². The van der Waals surface area contributed by atoms with E-state index in [1.54, 1.807) is 0 Å². The number of hydrogen-bond acceptors (Lipinski definition) is 4. The Bertz CT molecular complexity index is 369. The summed E-state index contributed by atoms with van der Waals surface area (Å²) < 4.78 is 25.5. The molecule has 0 rings (SSSR count). The van der Waals surface area contributed by atoms with E-state index in [1.807, 2.05) is 0 Å². The van der Waals surface area contributed by atoms with Crippen molar-refractivity contribution in [1.82, 2.24) is 4.31 Å². The standard InChI is InChI=1S/C13H27NO5S/c1-3-4-5-6-7-9-14(10-8-11-15)20(18,19)12(2)13(16)17/h12,15H,3-11H2,1-2H3,(H,16,17). The summed E-state index contributed by atoms with van der Waals surface area (Å²) in [5.74, 6) is -1.34. The summed E-state index contributed by atoms with van der Waals surface area (Å²) in [6, 6.07) is 0. The molecule has 0 aliphatic carbocycles. The van der Waals surface area contributed by atoms with Crippen LogP contribution in [-0.4, -0.2) is 53.9 Å². The van der Waals surface area contributed by atoms with E-state index in [0.717, 1.165) is 32.1 Å². The number of hydrogen-bond donors (Lipinski definition) is 2. The van der Waals surface area contributed by atoms with Gasteiger partial charge in [0.15, 0.2) is 5.25 Å². The van der Waals surface area contributed by atoms with E-state index in [9.17, 15) is 13.2 Å². The molecule has 0 aliphatic rings. The van der Waals surface area contributed by atoms with Gasteiger partial charge in [-0.05, 0) is 19.8 Å². The Morgan fingerprint density at radius 2 is 1.65 bits per heavy atom. The monoisotopic (exact) mass is 309 g/mol. The fourth-order valence-electron chi connectivity index (χ4n) is 1.86. The molecule has 20 heavy (non-hydrogen) atoms. The van der Waals surface area contributed by atoms with Crippen LogP contribution in [0.15, 0.2) is 0 Å². The van der Waals surface area contributed by atoms with Gasteiger partial charge in [-0.1, -0.05) is 32.6 Å². The second-order valence-electron chi connectivity index (χ2n) is 4.92. The minimum absolute atomic E-state index is 0.108. The molecular weight excluding hydrogens is 282 g/mol. The number of nitrogens with zero attached hydrogens (tertiary/aromatic N) is 1. The fraction of sp³-hybridized carbons (Fsp3) is 0.923. The Labute approximate surface area is 121 Å². The van der Waals surface area contributed by atoms with E-state index in [1.165, 1.54) is 11.2 Å². The number of rotatable bonds is 12. The van der Waals surface area contributed by atoms with Crippen molar-refractivity contribution >= 4 is 16.0 Å². The van der Waals surface area contributed by atoms with Gasteiger partial charge in [0.1, 0.15) is 0 Å². The van der Waals surface area contributed by atoms with Crippen molar-refractivity contribution in [1.29, 1.82) is 0 Å². The summed E-state index contributed by atoms with van der Waals surface area (Å²) in [7, 11) is -3.84. The number of carboxylic acid groups (broad SMARTS) is 1. The third kappa shape index (κ3) is 6.67. The quantitative estimate of drug-likeness (QED) is 0.532. The van der Waals surface area contributed by atoms with Crippen LogP contribution in [0, 0.1) is 0 Å².